The van der Waals surface area contributed by atoms with Crippen molar-refractivity contribution in [3.8, 4) is 5.69 Å². The van der Waals surface area contributed by atoms with Gasteiger partial charge in [0.15, 0.2) is 11.0 Å². The zero-order chi connectivity index (χ0) is 24.1. The Bertz CT molecular complexity index is 1270. The van der Waals surface area contributed by atoms with Gasteiger partial charge in [-0.1, -0.05) is 64.8 Å². The Balaban J connectivity index is 1.55. The van der Waals surface area contributed by atoms with Crippen LogP contribution in [0.3, 0.4) is 0 Å². The molecule has 3 aromatic carbocycles. The molecule has 0 saturated carbocycles. The summed E-state index contributed by atoms with van der Waals surface area (Å²) in [5.41, 5.74) is 4.91. The molecule has 1 amide bonds. The standard InChI is InChI=1S/C26H26ClN5OS/c1-17-7-11-21(12-8-17)29-25(33)19(3)34-26-31-30-24(16-28-22-6-4-5-20(27)15-22)32(26)23-13-9-18(2)10-14-23/h4-15,19,28H,16H2,1-3H3,(H,29,33)/t19-/m0/s1. The number of aromatic nitrogens is 3. The summed E-state index contributed by atoms with van der Waals surface area (Å²) < 4.78 is 1.98. The van der Waals surface area contributed by atoms with E-state index in [2.05, 4.69) is 20.8 Å². The number of hydrogen-bond acceptors (Lipinski definition) is 5. The van der Waals surface area contributed by atoms with Gasteiger partial charge in [-0.25, -0.2) is 0 Å². The number of carbonyl (C=O) groups is 1. The highest BCUT2D eigenvalue weighted by Gasteiger charge is 2.21. The molecule has 0 aliphatic carbocycles. The van der Waals surface area contributed by atoms with Crippen LogP contribution >= 0.6 is 23.4 Å². The zero-order valence-electron chi connectivity index (χ0n) is 19.2. The summed E-state index contributed by atoms with van der Waals surface area (Å²) in [6.45, 7) is 6.38. The number of rotatable bonds is 8. The fourth-order valence-corrected chi connectivity index (χ4v) is 4.39. The summed E-state index contributed by atoms with van der Waals surface area (Å²) in [7, 11) is 0. The normalized spacial score (nSPS) is 11.8. The van der Waals surface area contributed by atoms with Crippen LogP contribution in [-0.2, 0) is 11.3 Å². The van der Waals surface area contributed by atoms with E-state index in [1.165, 1.54) is 11.8 Å². The number of aryl methyl sites for hydroxylation is 2. The van der Waals surface area contributed by atoms with E-state index in [9.17, 15) is 4.79 Å². The van der Waals surface area contributed by atoms with Crippen molar-refractivity contribution >= 4 is 40.6 Å². The predicted octanol–water partition coefficient (Wildman–Crippen LogP) is 6.27. The summed E-state index contributed by atoms with van der Waals surface area (Å²) in [5, 5.41) is 16.1. The highest BCUT2D eigenvalue weighted by molar-refractivity contribution is 8.00. The molecule has 0 aliphatic heterocycles. The minimum absolute atomic E-state index is 0.0917. The lowest BCUT2D eigenvalue weighted by Crippen LogP contribution is -2.23. The van der Waals surface area contributed by atoms with Crippen LogP contribution in [0.5, 0.6) is 0 Å². The quantitative estimate of drug-likeness (QED) is 0.284. The summed E-state index contributed by atoms with van der Waals surface area (Å²) >= 11 is 7.48. The van der Waals surface area contributed by atoms with E-state index in [4.69, 9.17) is 11.6 Å². The second-order valence-corrected chi connectivity index (χ2v) is 9.79. The van der Waals surface area contributed by atoms with Crippen LogP contribution in [0, 0.1) is 13.8 Å². The van der Waals surface area contributed by atoms with Crippen molar-refractivity contribution in [1.29, 1.82) is 0 Å². The molecule has 1 aromatic heterocycles. The van der Waals surface area contributed by atoms with E-state index in [0.29, 0.717) is 16.7 Å². The van der Waals surface area contributed by atoms with Crippen LogP contribution in [0.4, 0.5) is 11.4 Å². The molecule has 8 heteroatoms. The van der Waals surface area contributed by atoms with Crippen LogP contribution in [-0.4, -0.2) is 25.9 Å². The minimum Gasteiger partial charge on any atom is -0.378 e. The van der Waals surface area contributed by atoms with Crippen molar-refractivity contribution in [3.63, 3.8) is 0 Å². The van der Waals surface area contributed by atoms with Gasteiger partial charge in [-0.2, -0.15) is 0 Å². The number of amides is 1. The number of anilines is 2. The molecule has 0 saturated heterocycles. The summed E-state index contributed by atoms with van der Waals surface area (Å²) in [5.74, 6) is 0.642. The van der Waals surface area contributed by atoms with E-state index in [1.54, 1.807) is 0 Å². The lowest BCUT2D eigenvalue weighted by Gasteiger charge is -2.15. The van der Waals surface area contributed by atoms with Crippen LogP contribution in [0.2, 0.25) is 5.02 Å². The Morgan fingerprint density at radius 2 is 1.65 bits per heavy atom. The van der Waals surface area contributed by atoms with E-state index in [1.807, 2.05) is 98.1 Å². The predicted molar refractivity (Wildman–Crippen MR) is 140 cm³/mol. The average molecular weight is 492 g/mol. The molecule has 0 unspecified atom stereocenters. The fraction of sp³-hybridized carbons (Fsp3) is 0.192. The maximum absolute atomic E-state index is 12.8. The van der Waals surface area contributed by atoms with Gasteiger partial charge in [0.25, 0.3) is 0 Å². The van der Waals surface area contributed by atoms with Crippen LogP contribution in [0.15, 0.2) is 78.0 Å². The topological polar surface area (TPSA) is 71.8 Å². The van der Waals surface area contributed by atoms with E-state index < -0.39 is 0 Å². The maximum Gasteiger partial charge on any atom is 0.237 e. The molecular formula is C26H26ClN5OS. The van der Waals surface area contributed by atoms with Crippen molar-refractivity contribution in [2.24, 2.45) is 0 Å². The molecule has 1 heterocycles. The van der Waals surface area contributed by atoms with Crippen molar-refractivity contribution in [2.45, 2.75) is 37.7 Å². The molecule has 174 valence electrons. The zero-order valence-corrected chi connectivity index (χ0v) is 20.8. The van der Waals surface area contributed by atoms with Crippen molar-refractivity contribution < 1.29 is 4.79 Å². The third-order valence-corrected chi connectivity index (χ3v) is 6.52. The first kappa shape index (κ1) is 23.9. The van der Waals surface area contributed by atoms with Gasteiger partial charge in [0, 0.05) is 22.1 Å². The van der Waals surface area contributed by atoms with Gasteiger partial charge in [0.05, 0.1) is 11.8 Å². The molecule has 34 heavy (non-hydrogen) atoms. The molecule has 0 spiro atoms. The number of hydrogen-bond donors (Lipinski definition) is 2. The van der Waals surface area contributed by atoms with E-state index in [0.717, 1.165) is 34.0 Å². The average Bonchev–Trinajstić information content (AvgIpc) is 3.22. The van der Waals surface area contributed by atoms with Gasteiger partial charge in [0.1, 0.15) is 0 Å². The maximum atomic E-state index is 12.8. The molecule has 1 atom stereocenters. The first-order chi connectivity index (χ1) is 16.4. The second kappa shape index (κ2) is 10.8. The SMILES string of the molecule is Cc1ccc(NC(=O)[C@H](C)Sc2nnc(CNc3cccc(Cl)c3)n2-c2ccc(C)cc2)cc1. The third kappa shape index (κ3) is 5.98. The number of benzene rings is 3. The highest BCUT2D eigenvalue weighted by atomic mass is 35.5. The Hall–Kier alpha value is -3.29. The van der Waals surface area contributed by atoms with Gasteiger partial charge < -0.3 is 10.6 Å². The summed E-state index contributed by atoms with van der Waals surface area (Å²) in [4.78, 5) is 12.8. The van der Waals surface area contributed by atoms with Gasteiger partial charge in [-0.15, -0.1) is 10.2 Å². The summed E-state index contributed by atoms with van der Waals surface area (Å²) in [6.07, 6.45) is 0. The molecule has 0 radical (unpaired) electrons. The first-order valence-corrected chi connectivity index (χ1v) is 12.2. The Morgan fingerprint density at radius 1 is 0.971 bits per heavy atom. The van der Waals surface area contributed by atoms with E-state index in [-0.39, 0.29) is 11.2 Å². The Labute approximate surface area is 208 Å². The van der Waals surface area contributed by atoms with Gasteiger partial charge >= 0.3 is 0 Å². The minimum atomic E-state index is -0.372. The van der Waals surface area contributed by atoms with Gasteiger partial charge in [0.2, 0.25) is 5.91 Å². The monoisotopic (exact) mass is 491 g/mol. The highest BCUT2D eigenvalue weighted by Crippen LogP contribution is 2.27. The first-order valence-electron chi connectivity index (χ1n) is 10.9. The smallest absolute Gasteiger partial charge is 0.237 e. The molecular weight excluding hydrogens is 466 g/mol. The molecule has 0 aliphatic rings. The van der Waals surface area contributed by atoms with Crippen LogP contribution in [0.25, 0.3) is 5.69 Å². The fourth-order valence-electron chi connectivity index (χ4n) is 3.32. The number of nitrogens with zero attached hydrogens (tertiary/aromatic N) is 3. The third-order valence-electron chi connectivity index (χ3n) is 5.24. The van der Waals surface area contributed by atoms with Crippen LogP contribution in [0.1, 0.15) is 23.9 Å². The van der Waals surface area contributed by atoms with Crippen molar-refractivity contribution in [1.82, 2.24) is 14.8 Å². The van der Waals surface area contributed by atoms with Gasteiger partial charge in [-0.05, 0) is 63.2 Å². The molecule has 6 nitrogen and oxygen atoms in total. The lowest BCUT2D eigenvalue weighted by molar-refractivity contribution is -0.115. The van der Waals surface area contributed by atoms with E-state index >= 15 is 0 Å². The van der Waals surface area contributed by atoms with Crippen molar-refractivity contribution in [2.75, 3.05) is 10.6 Å². The molecule has 2 N–H and O–H groups in total. The molecule has 4 rings (SSSR count). The largest absolute Gasteiger partial charge is 0.378 e. The van der Waals surface area contributed by atoms with Crippen LogP contribution < -0.4 is 10.6 Å². The number of halogens is 1. The molecule has 0 bridgehead atoms. The number of thioether (sulfide) groups is 1. The number of carbonyl (C=O) groups excluding carboxylic acids is 1. The van der Waals surface area contributed by atoms with Gasteiger partial charge in [-0.3, -0.25) is 9.36 Å². The molecule has 0 fully saturated rings. The van der Waals surface area contributed by atoms with Crippen molar-refractivity contribution in [3.05, 3.63) is 94.8 Å². The summed E-state index contributed by atoms with van der Waals surface area (Å²) in [6, 6.07) is 23.4. The Morgan fingerprint density at radius 3 is 2.32 bits per heavy atom. The Kier molecular flexibility index (Phi) is 7.55. The lowest BCUT2D eigenvalue weighted by atomic mass is 10.2. The second-order valence-electron chi connectivity index (χ2n) is 8.05. The number of nitrogens with one attached hydrogen (secondary N) is 2. The molecule has 4 aromatic rings.